The van der Waals surface area contributed by atoms with E-state index in [1.807, 2.05) is 11.4 Å². The Kier molecular flexibility index (Phi) is 2.33. The summed E-state index contributed by atoms with van der Waals surface area (Å²) >= 11 is 1.71. The molecule has 3 N–H and O–H groups in total. The molecule has 1 heterocycles. The third kappa shape index (κ3) is 1.35. The molecule has 1 aromatic rings. The lowest BCUT2D eigenvalue weighted by atomic mass is 9.80. The molecule has 0 aliphatic heterocycles. The molecule has 1 atom stereocenters. The van der Waals surface area contributed by atoms with E-state index in [2.05, 4.69) is 0 Å². The van der Waals surface area contributed by atoms with Crippen LogP contribution >= 0.6 is 11.3 Å². The zero-order valence-electron chi connectivity index (χ0n) is 7.82. The first kappa shape index (κ1) is 9.68. The second kappa shape index (κ2) is 3.37. The standard InChI is InChI=1S/C10H13NO2S/c11-6-10(5-9(12)13)3-1-8-7(10)2-4-14-8/h2,4H,1,3,5-6,11H2,(H,12,13). The van der Waals surface area contributed by atoms with E-state index in [-0.39, 0.29) is 11.8 Å². The molecular formula is C10H13NO2S. The predicted octanol–water partition coefficient (Wildman–Crippen LogP) is 1.37. The summed E-state index contributed by atoms with van der Waals surface area (Å²) in [5.41, 5.74) is 6.62. The van der Waals surface area contributed by atoms with Crippen molar-refractivity contribution in [3.05, 3.63) is 21.9 Å². The summed E-state index contributed by atoms with van der Waals surface area (Å²) in [6, 6.07) is 2.03. The Bertz CT molecular complexity index is 361. The monoisotopic (exact) mass is 211 g/mol. The van der Waals surface area contributed by atoms with Crippen LogP contribution in [0, 0.1) is 0 Å². The number of hydrogen-bond acceptors (Lipinski definition) is 3. The summed E-state index contributed by atoms with van der Waals surface area (Å²) in [6.07, 6.45) is 2.03. The normalized spacial score (nSPS) is 24.9. The number of rotatable bonds is 3. The summed E-state index contributed by atoms with van der Waals surface area (Å²) in [5, 5.41) is 10.9. The van der Waals surface area contributed by atoms with Crippen LogP contribution in [0.1, 0.15) is 23.3 Å². The second-order valence-electron chi connectivity index (χ2n) is 3.81. The van der Waals surface area contributed by atoms with Gasteiger partial charge >= 0.3 is 5.97 Å². The molecule has 1 aliphatic rings. The van der Waals surface area contributed by atoms with Crippen molar-refractivity contribution in [3.8, 4) is 0 Å². The van der Waals surface area contributed by atoms with Gasteiger partial charge in [-0.3, -0.25) is 4.79 Å². The average molecular weight is 211 g/mol. The third-order valence-electron chi connectivity index (χ3n) is 3.03. The van der Waals surface area contributed by atoms with E-state index in [1.54, 1.807) is 11.3 Å². The van der Waals surface area contributed by atoms with Gasteiger partial charge in [-0.2, -0.15) is 0 Å². The predicted molar refractivity (Wildman–Crippen MR) is 55.6 cm³/mol. The molecule has 14 heavy (non-hydrogen) atoms. The van der Waals surface area contributed by atoms with Crippen LogP contribution in [0.5, 0.6) is 0 Å². The molecule has 0 amide bonds. The summed E-state index contributed by atoms with van der Waals surface area (Å²) < 4.78 is 0. The van der Waals surface area contributed by atoms with E-state index >= 15 is 0 Å². The van der Waals surface area contributed by atoms with Gasteiger partial charge in [0.05, 0.1) is 6.42 Å². The minimum Gasteiger partial charge on any atom is -0.481 e. The van der Waals surface area contributed by atoms with Crippen LogP contribution in [0.3, 0.4) is 0 Å². The molecule has 1 aliphatic carbocycles. The Morgan fingerprint density at radius 2 is 2.50 bits per heavy atom. The molecule has 0 saturated carbocycles. The van der Waals surface area contributed by atoms with Gasteiger partial charge < -0.3 is 10.8 Å². The van der Waals surface area contributed by atoms with Gasteiger partial charge in [0.1, 0.15) is 0 Å². The zero-order valence-corrected chi connectivity index (χ0v) is 8.64. The molecular weight excluding hydrogens is 198 g/mol. The van der Waals surface area contributed by atoms with Crippen LogP contribution in [-0.2, 0) is 16.6 Å². The zero-order chi connectivity index (χ0) is 10.2. The first-order chi connectivity index (χ1) is 6.68. The highest BCUT2D eigenvalue weighted by molar-refractivity contribution is 7.10. The van der Waals surface area contributed by atoms with Crippen molar-refractivity contribution < 1.29 is 9.90 Å². The number of thiophene rings is 1. The van der Waals surface area contributed by atoms with Gasteiger partial charge in [-0.15, -0.1) is 11.3 Å². The van der Waals surface area contributed by atoms with Crippen molar-refractivity contribution in [2.24, 2.45) is 5.73 Å². The average Bonchev–Trinajstić information content (AvgIpc) is 2.68. The van der Waals surface area contributed by atoms with Gasteiger partial charge in [-0.05, 0) is 29.9 Å². The number of carboxylic acids is 1. The van der Waals surface area contributed by atoms with Gasteiger partial charge in [0.15, 0.2) is 0 Å². The van der Waals surface area contributed by atoms with E-state index in [0.717, 1.165) is 12.8 Å². The first-order valence-electron chi connectivity index (χ1n) is 4.67. The van der Waals surface area contributed by atoms with E-state index in [9.17, 15) is 4.79 Å². The Hall–Kier alpha value is -0.870. The van der Waals surface area contributed by atoms with Gasteiger partial charge in [-0.25, -0.2) is 0 Å². The highest BCUT2D eigenvalue weighted by atomic mass is 32.1. The quantitative estimate of drug-likeness (QED) is 0.793. The van der Waals surface area contributed by atoms with Crippen molar-refractivity contribution >= 4 is 17.3 Å². The molecule has 4 heteroatoms. The molecule has 1 aromatic heterocycles. The van der Waals surface area contributed by atoms with Gasteiger partial charge in [0.2, 0.25) is 0 Å². The van der Waals surface area contributed by atoms with Crippen molar-refractivity contribution in [1.82, 2.24) is 0 Å². The maximum Gasteiger partial charge on any atom is 0.304 e. The molecule has 1 unspecified atom stereocenters. The van der Waals surface area contributed by atoms with Crippen molar-refractivity contribution in [1.29, 1.82) is 0 Å². The Labute approximate surface area is 86.6 Å². The molecule has 0 bridgehead atoms. The fourth-order valence-corrected chi connectivity index (χ4v) is 3.25. The largest absolute Gasteiger partial charge is 0.481 e. The minimum atomic E-state index is -0.755. The van der Waals surface area contributed by atoms with Gasteiger partial charge in [0, 0.05) is 16.8 Å². The molecule has 0 spiro atoms. The summed E-state index contributed by atoms with van der Waals surface area (Å²) in [4.78, 5) is 12.1. The number of carbonyl (C=O) groups is 1. The number of fused-ring (bicyclic) bond motifs is 1. The minimum absolute atomic E-state index is 0.160. The van der Waals surface area contributed by atoms with Crippen LogP contribution in [0.2, 0.25) is 0 Å². The first-order valence-corrected chi connectivity index (χ1v) is 5.55. The summed E-state index contributed by atoms with van der Waals surface area (Å²) in [6.45, 7) is 0.434. The molecule has 76 valence electrons. The van der Waals surface area contributed by atoms with E-state index in [4.69, 9.17) is 10.8 Å². The van der Waals surface area contributed by atoms with Crippen molar-refractivity contribution in [3.63, 3.8) is 0 Å². The van der Waals surface area contributed by atoms with Crippen LogP contribution in [0.15, 0.2) is 11.4 Å². The van der Waals surface area contributed by atoms with Gasteiger partial charge in [0.25, 0.3) is 0 Å². The van der Waals surface area contributed by atoms with Crippen LogP contribution in [-0.4, -0.2) is 17.6 Å². The highest BCUT2D eigenvalue weighted by Crippen LogP contribution is 2.43. The molecule has 0 saturated heterocycles. The van der Waals surface area contributed by atoms with Crippen molar-refractivity contribution in [2.75, 3.05) is 6.54 Å². The maximum absolute atomic E-state index is 10.8. The maximum atomic E-state index is 10.8. The number of hydrogen-bond donors (Lipinski definition) is 2. The summed E-state index contributed by atoms with van der Waals surface area (Å²) in [7, 11) is 0. The number of aryl methyl sites for hydroxylation is 1. The lowest BCUT2D eigenvalue weighted by Crippen LogP contribution is -2.35. The van der Waals surface area contributed by atoms with Crippen LogP contribution < -0.4 is 5.73 Å². The Morgan fingerprint density at radius 3 is 3.14 bits per heavy atom. The van der Waals surface area contributed by atoms with Crippen LogP contribution in [0.4, 0.5) is 0 Å². The smallest absolute Gasteiger partial charge is 0.304 e. The number of aliphatic carboxylic acids is 1. The number of nitrogens with two attached hydrogens (primary N) is 1. The van der Waals surface area contributed by atoms with E-state index < -0.39 is 5.97 Å². The SMILES string of the molecule is NCC1(CC(=O)O)CCc2sccc21. The topological polar surface area (TPSA) is 63.3 Å². The third-order valence-corrected chi connectivity index (χ3v) is 4.01. The fourth-order valence-electron chi connectivity index (χ4n) is 2.25. The van der Waals surface area contributed by atoms with E-state index in [0.29, 0.717) is 6.54 Å². The molecule has 2 rings (SSSR count). The second-order valence-corrected chi connectivity index (χ2v) is 4.81. The van der Waals surface area contributed by atoms with E-state index in [1.165, 1.54) is 10.4 Å². The van der Waals surface area contributed by atoms with Gasteiger partial charge in [-0.1, -0.05) is 0 Å². The Morgan fingerprint density at radius 1 is 1.71 bits per heavy atom. The molecule has 3 nitrogen and oxygen atoms in total. The Balaban J connectivity index is 2.35. The number of carboxylic acid groups (broad SMARTS) is 1. The fraction of sp³-hybridized carbons (Fsp3) is 0.500. The summed E-state index contributed by atoms with van der Waals surface area (Å²) in [5.74, 6) is -0.755. The lowest BCUT2D eigenvalue weighted by molar-refractivity contribution is -0.138. The molecule has 0 radical (unpaired) electrons. The molecule has 0 aromatic carbocycles. The molecule has 0 fully saturated rings. The lowest BCUT2D eigenvalue weighted by Gasteiger charge is -2.25. The highest BCUT2D eigenvalue weighted by Gasteiger charge is 2.40. The van der Waals surface area contributed by atoms with Crippen molar-refractivity contribution in [2.45, 2.75) is 24.7 Å². The van der Waals surface area contributed by atoms with Crippen LogP contribution in [0.25, 0.3) is 0 Å².